The van der Waals surface area contributed by atoms with E-state index in [0.29, 0.717) is 24.4 Å². The van der Waals surface area contributed by atoms with Crippen molar-refractivity contribution in [1.82, 2.24) is 10.3 Å². The second kappa shape index (κ2) is 8.65. The zero-order valence-corrected chi connectivity index (χ0v) is 18.8. The summed E-state index contributed by atoms with van der Waals surface area (Å²) in [5.41, 5.74) is 5.61. The van der Waals surface area contributed by atoms with Crippen molar-refractivity contribution in [3.63, 3.8) is 0 Å². The molecule has 0 saturated heterocycles. The average Bonchev–Trinajstić information content (AvgIpc) is 3.41. The van der Waals surface area contributed by atoms with Crippen molar-refractivity contribution in [2.24, 2.45) is 0 Å². The number of fused-ring (bicyclic) bond motifs is 2. The lowest BCUT2D eigenvalue weighted by atomic mass is 10.0. The van der Waals surface area contributed by atoms with E-state index in [1.54, 1.807) is 6.26 Å². The lowest BCUT2D eigenvalue weighted by Gasteiger charge is -2.06. The van der Waals surface area contributed by atoms with E-state index in [0.717, 1.165) is 50.1 Å². The van der Waals surface area contributed by atoms with Crippen molar-refractivity contribution in [2.75, 3.05) is 0 Å². The Bertz CT molecular complexity index is 1470. The highest BCUT2D eigenvalue weighted by molar-refractivity contribution is 5.96. The molecule has 0 bridgehead atoms. The molecular formula is C25H23ClN2O4. The molecular weight excluding hydrogens is 428 g/mol. The number of rotatable bonds is 5. The first-order valence-corrected chi connectivity index (χ1v) is 10.2. The van der Waals surface area contributed by atoms with E-state index in [1.807, 2.05) is 57.3 Å². The van der Waals surface area contributed by atoms with Gasteiger partial charge in [0.2, 0.25) is 0 Å². The molecule has 1 aromatic carbocycles. The molecule has 0 saturated carbocycles. The third-order valence-electron chi connectivity index (χ3n) is 5.64. The van der Waals surface area contributed by atoms with Crippen LogP contribution in [-0.4, -0.2) is 4.98 Å². The topological polar surface area (TPSA) is 81.4 Å². The highest BCUT2D eigenvalue weighted by Gasteiger charge is 2.17. The number of aryl methyl sites for hydroxylation is 3. The van der Waals surface area contributed by atoms with Crippen LogP contribution < -0.4 is 10.9 Å². The molecule has 0 fully saturated rings. The van der Waals surface area contributed by atoms with Gasteiger partial charge in [-0.15, -0.1) is 12.4 Å². The van der Waals surface area contributed by atoms with Gasteiger partial charge in [-0.2, -0.15) is 0 Å². The highest BCUT2D eigenvalue weighted by Crippen LogP contribution is 2.35. The number of hydrogen-bond donors (Lipinski definition) is 1. The van der Waals surface area contributed by atoms with E-state index < -0.39 is 5.63 Å². The van der Waals surface area contributed by atoms with Crippen LogP contribution in [0.4, 0.5) is 0 Å². The summed E-state index contributed by atoms with van der Waals surface area (Å²) >= 11 is 0. The minimum absolute atomic E-state index is 0. The first-order chi connectivity index (χ1) is 15.0. The van der Waals surface area contributed by atoms with Crippen LogP contribution in [0.2, 0.25) is 0 Å². The summed E-state index contributed by atoms with van der Waals surface area (Å²) in [6.07, 6.45) is 3.52. The highest BCUT2D eigenvalue weighted by atomic mass is 35.5. The summed E-state index contributed by atoms with van der Waals surface area (Å²) < 4.78 is 17.0. The van der Waals surface area contributed by atoms with Crippen molar-refractivity contribution >= 4 is 34.3 Å². The van der Waals surface area contributed by atoms with Crippen molar-refractivity contribution in [3.8, 4) is 11.3 Å². The third kappa shape index (κ3) is 3.95. The Hall–Kier alpha value is -3.35. The molecule has 0 atom stereocenters. The number of halogens is 1. The first-order valence-electron chi connectivity index (χ1n) is 10.2. The standard InChI is InChI=1S/C25H22N2O4.ClH/c1-14-7-20-21(10-24(28)30-22(20)8-15(14)2)23-9-19-17(12-27-16(3)25(19)31-23)11-26-13-18-5-4-6-29-18;/h4-10,12,26H,11,13H2,1-3H3;1H. The maximum atomic E-state index is 12.2. The quantitative estimate of drug-likeness (QED) is 0.339. The molecule has 7 heteroatoms. The Morgan fingerprint density at radius 2 is 1.78 bits per heavy atom. The van der Waals surface area contributed by atoms with E-state index >= 15 is 0 Å². The number of benzene rings is 1. The molecule has 32 heavy (non-hydrogen) atoms. The number of hydrogen-bond acceptors (Lipinski definition) is 6. The summed E-state index contributed by atoms with van der Waals surface area (Å²) in [5, 5.41) is 5.20. The van der Waals surface area contributed by atoms with Gasteiger partial charge in [-0.1, -0.05) is 0 Å². The van der Waals surface area contributed by atoms with Crippen LogP contribution in [0, 0.1) is 20.8 Å². The van der Waals surface area contributed by atoms with Gasteiger partial charge in [0, 0.05) is 35.1 Å². The predicted octanol–water partition coefficient (Wildman–Crippen LogP) is 5.83. The fourth-order valence-corrected chi connectivity index (χ4v) is 3.83. The average molecular weight is 451 g/mol. The Labute approximate surface area is 190 Å². The van der Waals surface area contributed by atoms with Gasteiger partial charge in [0.25, 0.3) is 0 Å². The summed E-state index contributed by atoms with van der Waals surface area (Å²) in [4.78, 5) is 16.7. The lowest BCUT2D eigenvalue weighted by Crippen LogP contribution is -2.12. The Morgan fingerprint density at radius 3 is 2.56 bits per heavy atom. The molecule has 4 aromatic heterocycles. The molecule has 5 aromatic rings. The van der Waals surface area contributed by atoms with Gasteiger partial charge in [0.1, 0.15) is 17.1 Å². The molecule has 6 nitrogen and oxygen atoms in total. The molecule has 164 valence electrons. The zero-order chi connectivity index (χ0) is 21.5. The fourth-order valence-electron chi connectivity index (χ4n) is 3.83. The van der Waals surface area contributed by atoms with Gasteiger partial charge in [0.05, 0.1) is 18.5 Å². The van der Waals surface area contributed by atoms with Crippen molar-refractivity contribution < 1.29 is 13.3 Å². The van der Waals surface area contributed by atoms with Crippen LogP contribution in [0.5, 0.6) is 0 Å². The molecule has 0 unspecified atom stereocenters. The zero-order valence-electron chi connectivity index (χ0n) is 18.0. The van der Waals surface area contributed by atoms with E-state index in [4.69, 9.17) is 13.3 Å². The lowest BCUT2D eigenvalue weighted by molar-refractivity contribution is 0.483. The molecule has 0 aliphatic heterocycles. The van der Waals surface area contributed by atoms with Crippen molar-refractivity contribution in [2.45, 2.75) is 33.9 Å². The molecule has 0 aliphatic rings. The van der Waals surface area contributed by atoms with Crippen LogP contribution in [0.1, 0.15) is 28.1 Å². The van der Waals surface area contributed by atoms with Gasteiger partial charge in [-0.3, -0.25) is 4.98 Å². The third-order valence-corrected chi connectivity index (χ3v) is 5.64. The van der Waals surface area contributed by atoms with E-state index in [-0.39, 0.29) is 12.4 Å². The maximum absolute atomic E-state index is 12.2. The summed E-state index contributed by atoms with van der Waals surface area (Å²) in [5.74, 6) is 1.50. The SMILES string of the molecule is Cc1cc2oc(=O)cc(-c3cc4c(CNCc5ccco5)cnc(C)c4o3)c2cc1C.Cl. The van der Waals surface area contributed by atoms with Gasteiger partial charge >= 0.3 is 5.63 Å². The van der Waals surface area contributed by atoms with Crippen LogP contribution in [0.15, 0.2) is 66.9 Å². The van der Waals surface area contributed by atoms with Crippen LogP contribution >= 0.6 is 12.4 Å². The van der Waals surface area contributed by atoms with E-state index in [2.05, 4.69) is 10.3 Å². The molecule has 4 heterocycles. The number of pyridine rings is 1. The number of nitrogens with zero attached hydrogens (tertiary/aromatic N) is 1. The number of furan rings is 2. The van der Waals surface area contributed by atoms with E-state index in [9.17, 15) is 4.79 Å². The maximum Gasteiger partial charge on any atom is 0.336 e. The smallest absolute Gasteiger partial charge is 0.336 e. The van der Waals surface area contributed by atoms with Crippen molar-refractivity contribution in [1.29, 1.82) is 0 Å². The summed E-state index contributed by atoms with van der Waals surface area (Å²) in [7, 11) is 0. The second-order valence-electron chi connectivity index (χ2n) is 7.82. The largest absolute Gasteiger partial charge is 0.468 e. The monoisotopic (exact) mass is 450 g/mol. The van der Waals surface area contributed by atoms with Crippen LogP contribution in [0.25, 0.3) is 33.3 Å². The Kier molecular flexibility index (Phi) is 5.91. The second-order valence-corrected chi connectivity index (χ2v) is 7.82. The van der Waals surface area contributed by atoms with Crippen LogP contribution in [-0.2, 0) is 13.1 Å². The molecule has 0 spiro atoms. The van der Waals surface area contributed by atoms with Gasteiger partial charge in [-0.05, 0) is 67.8 Å². The minimum Gasteiger partial charge on any atom is -0.468 e. The first kappa shape index (κ1) is 21.9. The van der Waals surface area contributed by atoms with Crippen molar-refractivity contribution in [3.05, 3.63) is 87.4 Å². The summed E-state index contributed by atoms with van der Waals surface area (Å²) in [6.45, 7) is 7.19. The normalized spacial score (nSPS) is 11.2. The fraction of sp³-hybridized carbons (Fsp3) is 0.200. The predicted molar refractivity (Wildman–Crippen MR) is 126 cm³/mol. The minimum atomic E-state index is -0.401. The Morgan fingerprint density at radius 1 is 0.969 bits per heavy atom. The number of aromatic nitrogens is 1. The summed E-state index contributed by atoms with van der Waals surface area (Å²) in [6, 6.07) is 11.2. The molecule has 0 radical (unpaired) electrons. The molecule has 0 aliphatic carbocycles. The Balaban J connectivity index is 0.00000245. The molecule has 1 N–H and O–H groups in total. The van der Waals surface area contributed by atoms with Gasteiger partial charge < -0.3 is 18.6 Å². The number of nitrogens with one attached hydrogen (secondary N) is 1. The van der Waals surface area contributed by atoms with Gasteiger partial charge in [0.15, 0.2) is 5.58 Å². The van der Waals surface area contributed by atoms with E-state index in [1.165, 1.54) is 6.07 Å². The van der Waals surface area contributed by atoms with Crippen LogP contribution in [0.3, 0.4) is 0 Å². The molecule has 0 amide bonds. The van der Waals surface area contributed by atoms with Gasteiger partial charge in [-0.25, -0.2) is 4.79 Å². The molecule has 5 rings (SSSR count).